The fourth-order valence-corrected chi connectivity index (χ4v) is 3.07. The van der Waals surface area contributed by atoms with Gasteiger partial charge in [0.15, 0.2) is 0 Å². The number of aromatic nitrogens is 1. The summed E-state index contributed by atoms with van der Waals surface area (Å²) in [5.74, 6) is 0.527. The average Bonchev–Trinajstić information content (AvgIpc) is 2.48. The van der Waals surface area contributed by atoms with Crippen molar-refractivity contribution in [3.8, 4) is 0 Å². The molecular weight excluding hydrogens is 272 g/mol. The van der Waals surface area contributed by atoms with Gasteiger partial charge >= 0.3 is 7.12 Å². The van der Waals surface area contributed by atoms with Crippen molar-refractivity contribution in [1.29, 1.82) is 0 Å². The van der Waals surface area contributed by atoms with Crippen molar-refractivity contribution in [3.05, 3.63) is 23.0 Å². The predicted molar refractivity (Wildman–Crippen MR) is 81.6 cm³/mol. The molecule has 1 aromatic rings. The zero-order valence-electron chi connectivity index (χ0n) is 12.6. The molecule has 1 saturated heterocycles. The first-order valence-corrected chi connectivity index (χ1v) is 7.68. The molecule has 1 aliphatic carbocycles. The maximum absolute atomic E-state index is 6.38. The molecule has 2 fully saturated rings. The molecule has 0 amide bonds. The Hall–Kier alpha value is -0.575. The Balaban J connectivity index is 1.97. The third kappa shape index (κ3) is 2.18. The Labute approximate surface area is 126 Å². The van der Waals surface area contributed by atoms with Crippen molar-refractivity contribution in [2.24, 2.45) is 0 Å². The van der Waals surface area contributed by atoms with Crippen LogP contribution < -0.4 is 5.46 Å². The monoisotopic (exact) mass is 293 g/mol. The molecule has 0 atom stereocenters. The van der Waals surface area contributed by atoms with Crippen LogP contribution in [0.5, 0.6) is 0 Å². The van der Waals surface area contributed by atoms with Gasteiger partial charge in [-0.05, 0) is 52.0 Å². The van der Waals surface area contributed by atoms with E-state index in [-0.39, 0.29) is 18.3 Å². The molecule has 0 bridgehead atoms. The van der Waals surface area contributed by atoms with Gasteiger partial charge in [0.1, 0.15) is 0 Å². The molecule has 5 heteroatoms. The molecule has 1 aliphatic heterocycles. The molecule has 1 saturated carbocycles. The Morgan fingerprint density at radius 1 is 1.15 bits per heavy atom. The van der Waals surface area contributed by atoms with E-state index >= 15 is 0 Å². The quantitative estimate of drug-likeness (QED) is 0.784. The molecule has 2 aliphatic rings. The second kappa shape index (κ2) is 4.72. The Morgan fingerprint density at radius 2 is 1.75 bits per heavy atom. The SMILES string of the molecule is CC1(C)OB(c2cncc(Cl)c2C2CCC2)OC1(C)C. The third-order valence-corrected chi connectivity index (χ3v) is 5.29. The lowest BCUT2D eigenvalue weighted by molar-refractivity contribution is 0.00578. The summed E-state index contributed by atoms with van der Waals surface area (Å²) in [7, 11) is -0.373. The van der Waals surface area contributed by atoms with E-state index in [4.69, 9.17) is 20.9 Å². The van der Waals surface area contributed by atoms with Gasteiger partial charge in [0.2, 0.25) is 0 Å². The molecule has 2 heterocycles. The molecule has 20 heavy (non-hydrogen) atoms. The van der Waals surface area contributed by atoms with E-state index in [9.17, 15) is 0 Å². The minimum atomic E-state index is -0.373. The van der Waals surface area contributed by atoms with E-state index < -0.39 is 0 Å². The Morgan fingerprint density at radius 3 is 2.25 bits per heavy atom. The van der Waals surface area contributed by atoms with Crippen LogP contribution in [-0.4, -0.2) is 23.3 Å². The number of hydrogen-bond donors (Lipinski definition) is 0. The van der Waals surface area contributed by atoms with E-state index in [0.29, 0.717) is 5.92 Å². The topological polar surface area (TPSA) is 31.4 Å². The van der Waals surface area contributed by atoms with Crippen LogP contribution >= 0.6 is 11.6 Å². The summed E-state index contributed by atoms with van der Waals surface area (Å²) in [6, 6.07) is 0. The van der Waals surface area contributed by atoms with Gasteiger partial charge in [-0.2, -0.15) is 0 Å². The van der Waals surface area contributed by atoms with Crippen molar-refractivity contribution in [2.75, 3.05) is 0 Å². The first-order chi connectivity index (χ1) is 9.32. The lowest BCUT2D eigenvalue weighted by atomic mass is 9.69. The van der Waals surface area contributed by atoms with Crippen molar-refractivity contribution >= 4 is 24.2 Å². The summed E-state index contributed by atoms with van der Waals surface area (Å²) >= 11 is 6.38. The van der Waals surface area contributed by atoms with E-state index in [1.807, 2.05) is 6.20 Å². The van der Waals surface area contributed by atoms with Gasteiger partial charge in [0.05, 0.1) is 16.2 Å². The smallest absolute Gasteiger partial charge is 0.399 e. The normalized spacial score (nSPS) is 24.8. The second-order valence-electron chi connectivity index (χ2n) is 6.84. The fourth-order valence-electron chi connectivity index (χ4n) is 2.75. The summed E-state index contributed by atoms with van der Waals surface area (Å²) in [6.45, 7) is 8.25. The molecular formula is C15H21BClNO2. The van der Waals surface area contributed by atoms with Crippen LogP contribution in [0.2, 0.25) is 5.02 Å². The van der Waals surface area contributed by atoms with Gasteiger partial charge in [-0.15, -0.1) is 0 Å². The molecule has 0 N–H and O–H groups in total. The van der Waals surface area contributed by atoms with Crippen molar-refractivity contribution < 1.29 is 9.31 Å². The van der Waals surface area contributed by atoms with Gasteiger partial charge in [-0.25, -0.2) is 0 Å². The summed E-state index contributed by atoms with van der Waals surface area (Å²) in [5, 5.41) is 0.738. The molecule has 3 nitrogen and oxygen atoms in total. The molecule has 0 unspecified atom stereocenters. The summed E-state index contributed by atoms with van der Waals surface area (Å²) in [6.07, 6.45) is 7.23. The van der Waals surface area contributed by atoms with Crippen molar-refractivity contribution in [2.45, 2.75) is 64.1 Å². The highest BCUT2D eigenvalue weighted by Gasteiger charge is 2.52. The molecule has 0 radical (unpaired) electrons. The highest BCUT2D eigenvalue weighted by Crippen LogP contribution is 2.41. The molecule has 0 spiro atoms. The fraction of sp³-hybridized carbons (Fsp3) is 0.667. The lowest BCUT2D eigenvalue weighted by Gasteiger charge is -2.32. The highest BCUT2D eigenvalue weighted by molar-refractivity contribution is 6.63. The summed E-state index contributed by atoms with van der Waals surface area (Å²) < 4.78 is 12.3. The van der Waals surface area contributed by atoms with Crippen molar-refractivity contribution in [3.63, 3.8) is 0 Å². The predicted octanol–water partition coefficient (Wildman–Crippen LogP) is 3.30. The van der Waals surface area contributed by atoms with Crippen molar-refractivity contribution in [1.82, 2.24) is 4.98 Å². The van der Waals surface area contributed by atoms with E-state index in [1.54, 1.807) is 6.20 Å². The largest absolute Gasteiger partial charge is 0.496 e. The van der Waals surface area contributed by atoms with Crippen LogP contribution in [0.4, 0.5) is 0 Å². The van der Waals surface area contributed by atoms with E-state index in [1.165, 1.54) is 24.8 Å². The second-order valence-corrected chi connectivity index (χ2v) is 7.25. The van der Waals surface area contributed by atoms with Crippen LogP contribution in [-0.2, 0) is 9.31 Å². The molecule has 108 valence electrons. The standard InChI is InChI=1S/C15H21BClNO2/c1-14(2)15(3,4)20-16(19-14)11-8-18-9-12(17)13(11)10-6-5-7-10/h8-10H,5-7H2,1-4H3. The maximum atomic E-state index is 6.38. The number of hydrogen-bond acceptors (Lipinski definition) is 3. The Kier molecular flexibility index (Phi) is 3.39. The number of pyridine rings is 1. The first kappa shape index (κ1) is 14.4. The zero-order valence-corrected chi connectivity index (χ0v) is 13.3. The maximum Gasteiger partial charge on any atom is 0.496 e. The number of halogens is 1. The molecule has 1 aromatic heterocycles. The lowest BCUT2D eigenvalue weighted by Crippen LogP contribution is -2.41. The van der Waals surface area contributed by atoms with Gasteiger partial charge < -0.3 is 9.31 Å². The van der Waals surface area contributed by atoms with E-state index in [0.717, 1.165) is 10.5 Å². The van der Waals surface area contributed by atoms with Gasteiger partial charge in [0.25, 0.3) is 0 Å². The highest BCUT2D eigenvalue weighted by atomic mass is 35.5. The summed E-state index contributed by atoms with van der Waals surface area (Å²) in [4.78, 5) is 4.23. The first-order valence-electron chi connectivity index (χ1n) is 7.31. The Bertz CT molecular complexity index is 513. The van der Waals surface area contributed by atoms with Gasteiger partial charge in [-0.3, -0.25) is 4.98 Å². The van der Waals surface area contributed by atoms with Crippen LogP contribution in [0.15, 0.2) is 12.4 Å². The van der Waals surface area contributed by atoms with E-state index in [2.05, 4.69) is 32.7 Å². The van der Waals surface area contributed by atoms with Gasteiger partial charge in [0, 0.05) is 17.9 Å². The van der Waals surface area contributed by atoms with Crippen LogP contribution in [0.1, 0.15) is 58.4 Å². The minimum Gasteiger partial charge on any atom is -0.399 e. The van der Waals surface area contributed by atoms with Crippen LogP contribution in [0, 0.1) is 0 Å². The minimum absolute atomic E-state index is 0.336. The molecule has 0 aromatic carbocycles. The average molecular weight is 294 g/mol. The van der Waals surface area contributed by atoms with Crippen LogP contribution in [0.3, 0.4) is 0 Å². The molecule has 3 rings (SSSR count). The number of nitrogens with zero attached hydrogens (tertiary/aromatic N) is 1. The third-order valence-electron chi connectivity index (χ3n) is 4.99. The summed E-state index contributed by atoms with van der Waals surface area (Å²) in [5.41, 5.74) is 1.50. The zero-order chi connectivity index (χ0) is 14.5. The van der Waals surface area contributed by atoms with Gasteiger partial charge in [-0.1, -0.05) is 18.0 Å². The van der Waals surface area contributed by atoms with Crippen LogP contribution in [0.25, 0.3) is 0 Å². The number of rotatable bonds is 2.